The Kier molecular flexibility index (Phi) is 8.10. The number of hydrogen-bond donors (Lipinski definition) is 1. The summed E-state index contributed by atoms with van der Waals surface area (Å²) >= 11 is 0. The van der Waals surface area contributed by atoms with Crippen molar-refractivity contribution in [1.29, 1.82) is 0 Å². The smallest absolute Gasteiger partial charge is 0.341 e. The molecule has 1 aliphatic carbocycles. The summed E-state index contributed by atoms with van der Waals surface area (Å²) in [5.74, 6) is 0.150. The van der Waals surface area contributed by atoms with Crippen molar-refractivity contribution < 1.29 is 19.4 Å². The van der Waals surface area contributed by atoms with Gasteiger partial charge in [0, 0.05) is 12.4 Å². The second-order valence-corrected chi connectivity index (χ2v) is 8.62. The van der Waals surface area contributed by atoms with E-state index in [1.165, 1.54) is 5.56 Å². The van der Waals surface area contributed by atoms with E-state index in [9.17, 15) is 4.79 Å². The minimum Gasteiger partial charge on any atom is -0.482 e. The zero-order valence-corrected chi connectivity index (χ0v) is 19.5. The Bertz CT molecular complexity index is 1060. The normalized spacial score (nSPS) is 17.1. The predicted octanol–water partition coefficient (Wildman–Crippen LogP) is 5.79. The second kappa shape index (κ2) is 11.6. The van der Waals surface area contributed by atoms with Gasteiger partial charge in [-0.15, -0.1) is 0 Å². The van der Waals surface area contributed by atoms with E-state index in [1.54, 1.807) is 12.4 Å². The number of rotatable bonds is 10. The van der Waals surface area contributed by atoms with Gasteiger partial charge in [-0.2, -0.15) is 0 Å². The van der Waals surface area contributed by atoms with Crippen LogP contribution in [0.4, 0.5) is 0 Å². The maximum absolute atomic E-state index is 10.9. The summed E-state index contributed by atoms with van der Waals surface area (Å²) in [6, 6.07) is 20.2. The van der Waals surface area contributed by atoms with Gasteiger partial charge >= 0.3 is 5.97 Å². The monoisotopic (exact) mass is 457 g/mol. The van der Waals surface area contributed by atoms with Gasteiger partial charge in [0.15, 0.2) is 6.61 Å². The van der Waals surface area contributed by atoms with Crippen LogP contribution in [0.1, 0.15) is 48.1 Å². The third-order valence-corrected chi connectivity index (χ3v) is 6.25. The van der Waals surface area contributed by atoms with Crippen molar-refractivity contribution in [2.45, 2.75) is 44.8 Å². The molecule has 1 aliphatic rings. The lowest BCUT2D eigenvalue weighted by atomic mass is 9.83. The number of ether oxygens (including phenoxy) is 2. The summed E-state index contributed by atoms with van der Waals surface area (Å²) in [6.07, 6.45) is 11.6. The van der Waals surface area contributed by atoms with Gasteiger partial charge in [-0.1, -0.05) is 61.5 Å². The maximum atomic E-state index is 10.9. The highest BCUT2D eigenvalue weighted by atomic mass is 16.5. The van der Waals surface area contributed by atoms with Crippen LogP contribution in [-0.2, 0) is 22.4 Å². The van der Waals surface area contributed by atoms with Crippen LogP contribution in [0, 0.1) is 5.92 Å². The SMILES string of the molecule is CCC(/C=C/C1CCc2c(cccc2OCC(=O)O)C1)OC(c1ccccc1)c1ccncc1. The van der Waals surface area contributed by atoms with E-state index >= 15 is 0 Å². The Hall–Kier alpha value is -3.44. The van der Waals surface area contributed by atoms with E-state index in [-0.39, 0.29) is 18.8 Å². The Balaban J connectivity index is 1.45. The fourth-order valence-electron chi connectivity index (χ4n) is 4.49. The van der Waals surface area contributed by atoms with Crippen LogP contribution in [0.2, 0.25) is 0 Å². The summed E-state index contributed by atoms with van der Waals surface area (Å²) < 4.78 is 12.1. The highest BCUT2D eigenvalue weighted by Crippen LogP contribution is 2.33. The summed E-state index contributed by atoms with van der Waals surface area (Å²) in [4.78, 5) is 15.0. The van der Waals surface area contributed by atoms with Crippen molar-refractivity contribution in [3.8, 4) is 5.75 Å². The third kappa shape index (κ3) is 6.12. The number of pyridine rings is 1. The third-order valence-electron chi connectivity index (χ3n) is 6.25. The van der Waals surface area contributed by atoms with Gasteiger partial charge in [0.05, 0.1) is 6.10 Å². The van der Waals surface area contributed by atoms with Crippen molar-refractivity contribution in [3.63, 3.8) is 0 Å². The van der Waals surface area contributed by atoms with Gasteiger partial charge in [-0.25, -0.2) is 4.79 Å². The highest BCUT2D eigenvalue weighted by Gasteiger charge is 2.22. The number of aliphatic carboxylic acids is 1. The van der Waals surface area contributed by atoms with Crippen LogP contribution >= 0.6 is 0 Å². The van der Waals surface area contributed by atoms with Gasteiger partial charge in [0.2, 0.25) is 0 Å². The second-order valence-electron chi connectivity index (χ2n) is 8.62. The molecule has 0 spiro atoms. The minimum atomic E-state index is -0.958. The first-order valence-corrected chi connectivity index (χ1v) is 11.9. The zero-order chi connectivity index (χ0) is 23.8. The molecule has 3 atom stereocenters. The van der Waals surface area contributed by atoms with Gasteiger partial charge in [-0.3, -0.25) is 4.98 Å². The van der Waals surface area contributed by atoms with Crippen molar-refractivity contribution in [3.05, 3.63) is 107 Å². The fourth-order valence-corrected chi connectivity index (χ4v) is 4.49. The molecular weight excluding hydrogens is 426 g/mol. The number of carbonyl (C=O) groups is 1. The molecule has 176 valence electrons. The molecule has 5 heteroatoms. The lowest BCUT2D eigenvalue weighted by Crippen LogP contribution is -2.18. The van der Waals surface area contributed by atoms with E-state index in [2.05, 4.69) is 42.3 Å². The van der Waals surface area contributed by atoms with E-state index in [0.29, 0.717) is 11.7 Å². The molecule has 34 heavy (non-hydrogen) atoms. The number of hydrogen-bond acceptors (Lipinski definition) is 4. The minimum absolute atomic E-state index is 0.00926. The number of nitrogens with zero attached hydrogens (tertiary/aromatic N) is 1. The van der Waals surface area contributed by atoms with Crippen molar-refractivity contribution >= 4 is 5.97 Å². The average Bonchev–Trinajstić information content (AvgIpc) is 2.88. The standard InChI is InChI=1S/C29H31NO4/c1-2-25(34-29(22-7-4-3-5-8-22)23-15-17-30-18-16-23)13-11-21-12-14-26-24(19-21)9-6-10-27(26)33-20-28(31)32/h3-11,13,15-18,21,25,29H,2,12,14,19-20H2,1H3,(H,31,32)/b13-11+. The number of aromatic nitrogens is 1. The predicted molar refractivity (Wildman–Crippen MR) is 132 cm³/mol. The topological polar surface area (TPSA) is 68.7 Å². The highest BCUT2D eigenvalue weighted by molar-refractivity contribution is 5.68. The molecule has 0 aliphatic heterocycles. The van der Waals surface area contributed by atoms with E-state index in [1.807, 2.05) is 42.5 Å². The van der Waals surface area contributed by atoms with E-state index in [4.69, 9.17) is 14.6 Å². The first kappa shape index (κ1) is 23.7. The quantitative estimate of drug-likeness (QED) is 0.390. The molecule has 0 bridgehead atoms. The lowest BCUT2D eigenvalue weighted by molar-refractivity contribution is -0.139. The molecule has 3 unspecified atom stereocenters. The van der Waals surface area contributed by atoms with E-state index in [0.717, 1.165) is 42.4 Å². The van der Waals surface area contributed by atoms with Gasteiger partial charge in [0.25, 0.3) is 0 Å². The molecule has 4 rings (SSSR count). The van der Waals surface area contributed by atoms with Crippen LogP contribution in [0.3, 0.4) is 0 Å². The first-order valence-electron chi connectivity index (χ1n) is 11.9. The molecule has 2 aromatic carbocycles. The van der Waals surface area contributed by atoms with Crippen LogP contribution in [0.15, 0.2) is 85.2 Å². The Morgan fingerprint density at radius 3 is 2.59 bits per heavy atom. The Morgan fingerprint density at radius 2 is 1.85 bits per heavy atom. The van der Waals surface area contributed by atoms with Gasteiger partial charge < -0.3 is 14.6 Å². The molecule has 0 saturated heterocycles. The van der Waals surface area contributed by atoms with Crippen LogP contribution in [0.25, 0.3) is 0 Å². The molecule has 1 N–H and O–H groups in total. The number of benzene rings is 2. The summed E-state index contributed by atoms with van der Waals surface area (Å²) in [7, 11) is 0. The lowest BCUT2D eigenvalue weighted by Gasteiger charge is -2.26. The van der Waals surface area contributed by atoms with Crippen molar-refractivity contribution in [2.24, 2.45) is 5.92 Å². The molecule has 3 aromatic rings. The molecule has 1 aromatic heterocycles. The number of fused-ring (bicyclic) bond motifs is 1. The summed E-state index contributed by atoms with van der Waals surface area (Å²) in [5, 5.41) is 8.93. The largest absolute Gasteiger partial charge is 0.482 e. The molecule has 0 saturated carbocycles. The van der Waals surface area contributed by atoms with Crippen molar-refractivity contribution in [1.82, 2.24) is 4.98 Å². The van der Waals surface area contributed by atoms with Crippen molar-refractivity contribution in [2.75, 3.05) is 6.61 Å². The molecule has 5 nitrogen and oxygen atoms in total. The van der Waals surface area contributed by atoms with Crippen LogP contribution < -0.4 is 4.74 Å². The molecule has 0 radical (unpaired) electrons. The zero-order valence-electron chi connectivity index (χ0n) is 19.5. The van der Waals surface area contributed by atoms with E-state index < -0.39 is 5.97 Å². The van der Waals surface area contributed by atoms with Crippen LogP contribution in [-0.4, -0.2) is 28.8 Å². The molecule has 0 amide bonds. The summed E-state index contributed by atoms with van der Waals surface area (Å²) in [6.45, 7) is 1.83. The van der Waals surface area contributed by atoms with Gasteiger partial charge in [-0.05, 0) is 72.1 Å². The number of allylic oxidation sites excluding steroid dienone is 1. The number of carboxylic acid groups (broad SMARTS) is 1. The van der Waals surface area contributed by atoms with Crippen LogP contribution in [0.5, 0.6) is 5.75 Å². The Morgan fingerprint density at radius 1 is 1.09 bits per heavy atom. The molecule has 0 fully saturated rings. The fraction of sp³-hybridized carbons (Fsp3) is 0.310. The molecule has 1 heterocycles. The first-order chi connectivity index (χ1) is 16.6. The maximum Gasteiger partial charge on any atom is 0.341 e. The number of carboxylic acids is 1. The summed E-state index contributed by atoms with van der Waals surface area (Å²) in [5.41, 5.74) is 4.59. The van der Waals surface area contributed by atoms with Gasteiger partial charge in [0.1, 0.15) is 11.9 Å². The molecular formula is C29H31NO4. The average molecular weight is 458 g/mol. The Labute approximate surface area is 201 Å².